The SMILES string of the molecule is CC(C)[C@@H](C[NH+]1CCC(Cc2ccc(Cl)c(Cl)c2)CC1)Nc1nc2cc(Cl)ccc2o1. The van der Waals surface area contributed by atoms with Gasteiger partial charge in [0.1, 0.15) is 5.52 Å². The Hall–Kier alpha value is -1.46. The number of hydrogen-bond acceptors (Lipinski definition) is 3. The van der Waals surface area contributed by atoms with Crippen LogP contribution in [-0.4, -0.2) is 30.7 Å². The molecule has 7 heteroatoms. The molecular formula is C24H29Cl3N3O+. The van der Waals surface area contributed by atoms with Gasteiger partial charge in [0.15, 0.2) is 5.58 Å². The van der Waals surface area contributed by atoms with Crippen molar-refractivity contribution in [1.82, 2.24) is 4.98 Å². The molecule has 2 aromatic carbocycles. The molecule has 2 heterocycles. The van der Waals surface area contributed by atoms with Crippen molar-refractivity contribution in [3.63, 3.8) is 0 Å². The van der Waals surface area contributed by atoms with E-state index in [2.05, 4.69) is 30.2 Å². The summed E-state index contributed by atoms with van der Waals surface area (Å²) in [5.74, 6) is 1.17. The van der Waals surface area contributed by atoms with Crippen LogP contribution in [0.2, 0.25) is 15.1 Å². The van der Waals surface area contributed by atoms with Crippen molar-refractivity contribution in [3.8, 4) is 0 Å². The zero-order chi connectivity index (χ0) is 22.0. The number of hydrogen-bond donors (Lipinski definition) is 2. The van der Waals surface area contributed by atoms with Gasteiger partial charge in [0, 0.05) is 5.02 Å². The standard InChI is InChI=1S/C24H28Cl3N3O/c1-15(2)22(29-24-28-21-13-18(25)4-6-23(21)31-24)14-30-9-7-16(8-10-30)11-17-3-5-19(26)20(27)12-17/h3-6,12-13,15-16,22H,7-11,14H2,1-2H3,(H,28,29)/p+1/t22-/m1/s1. The maximum absolute atomic E-state index is 6.18. The highest BCUT2D eigenvalue weighted by Crippen LogP contribution is 2.26. The molecule has 0 saturated carbocycles. The molecule has 1 atom stereocenters. The highest BCUT2D eigenvalue weighted by Gasteiger charge is 2.27. The molecule has 31 heavy (non-hydrogen) atoms. The van der Waals surface area contributed by atoms with Gasteiger partial charge in [-0.2, -0.15) is 4.98 Å². The molecule has 1 aliphatic rings. The molecule has 0 radical (unpaired) electrons. The maximum Gasteiger partial charge on any atom is 0.296 e. The van der Waals surface area contributed by atoms with Crippen molar-refractivity contribution in [2.75, 3.05) is 25.0 Å². The zero-order valence-electron chi connectivity index (χ0n) is 17.9. The van der Waals surface area contributed by atoms with E-state index in [1.807, 2.05) is 30.3 Å². The predicted molar refractivity (Wildman–Crippen MR) is 130 cm³/mol. The Morgan fingerprint density at radius 2 is 1.84 bits per heavy atom. The Morgan fingerprint density at radius 3 is 2.55 bits per heavy atom. The van der Waals surface area contributed by atoms with E-state index in [9.17, 15) is 0 Å². The molecule has 0 unspecified atom stereocenters. The summed E-state index contributed by atoms with van der Waals surface area (Å²) in [6.07, 6.45) is 3.52. The first-order valence-corrected chi connectivity index (χ1v) is 12.1. The lowest BCUT2D eigenvalue weighted by molar-refractivity contribution is -0.907. The number of halogens is 3. The van der Waals surface area contributed by atoms with Crippen molar-refractivity contribution < 1.29 is 9.32 Å². The Morgan fingerprint density at radius 1 is 1.06 bits per heavy atom. The monoisotopic (exact) mass is 480 g/mol. The molecule has 0 amide bonds. The predicted octanol–water partition coefficient (Wildman–Crippen LogP) is 5.76. The van der Waals surface area contributed by atoms with Gasteiger partial charge in [-0.25, -0.2) is 0 Å². The number of piperidine rings is 1. The smallest absolute Gasteiger partial charge is 0.296 e. The fourth-order valence-corrected chi connectivity index (χ4v) is 4.87. The molecule has 4 nitrogen and oxygen atoms in total. The van der Waals surface area contributed by atoms with Gasteiger partial charge in [-0.15, -0.1) is 0 Å². The van der Waals surface area contributed by atoms with Gasteiger partial charge in [-0.05, 0) is 67.0 Å². The summed E-state index contributed by atoms with van der Waals surface area (Å²) in [4.78, 5) is 6.20. The van der Waals surface area contributed by atoms with Crippen molar-refractivity contribution >= 4 is 51.9 Å². The lowest BCUT2D eigenvalue weighted by Crippen LogP contribution is -3.14. The van der Waals surface area contributed by atoms with E-state index in [0.717, 1.165) is 24.1 Å². The normalized spacial score (nSPS) is 20.3. The Bertz CT molecular complexity index is 1030. The van der Waals surface area contributed by atoms with E-state index in [1.165, 1.54) is 31.5 Å². The molecular weight excluding hydrogens is 453 g/mol. The molecule has 166 valence electrons. The highest BCUT2D eigenvalue weighted by molar-refractivity contribution is 6.42. The molecule has 0 bridgehead atoms. The number of likely N-dealkylation sites (tertiary alicyclic amines) is 1. The minimum atomic E-state index is 0.296. The number of nitrogens with zero attached hydrogens (tertiary/aromatic N) is 1. The second kappa shape index (κ2) is 9.99. The van der Waals surface area contributed by atoms with Crippen molar-refractivity contribution in [2.45, 2.75) is 39.2 Å². The number of quaternary nitrogens is 1. The largest absolute Gasteiger partial charge is 0.424 e. The van der Waals surface area contributed by atoms with Crippen LogP contribution in [0, 0.1) is 11.8 Å². The fraction of sp³-hybridized carbons (Fsp3) is 0.458. The Labute approximate surface area is 198 Å². The highest BCUT2D eigenvalue weighted by atomic mass is 35.5. The molecule has 1 saturated heterocycles. The number of fused-ring (bicyclic) bond motifs is 1. The molecule has 1 aliphatic heterocycles. The Balaban J connectivity index is 1.32. The van der Waals surface area contributed by atoms with Gasteiger partial charge in [-0.3, -0.25) is 0 Å². The summed E-state index contributed by atoms with van der Waals surface area (Å²) in [7, 11) is 0. The molecule has 4 rings (SSSR count). The van der Waals surface area contributed by atoms with Crippen LogP contribution in [0.4, 0.5) is 6.01 Å². The van der Waals surface area contributed by atoms with Gasteiger partial charge < -0.3 is 14.6 Å². The van der Waals surface area contributed by atoms with Gasteiger partial charge in [0.05, 0.1) is 35.7 Å². The van der Waals surface area contributed by atoms with E-state index in [4.69, 9.17) is 39.2 Å². The summed E-state index contributed by atoms with van der Waals surface area (Å²) < 4.78 is 5.88. The van der Waals surface area contributed by atoms with Crippen LogP contribution in [0.25, 0.3) is 11.1 Å². The van der Waals surface area contributed by atoms with E-state index >= 15 is 0 Å². The average molecular weight is 482 g/mol. The second-order valence-corrected chi connectivity index (χ2v) is 10.2. The number of aromatic nitrogens is 1. The van der Waals surface area contributed by atoms with Gasteiger partial charge >= 0.3 is 0 Å². The van der Waals surface area contributed by atoms with E-state index < -0.39 is 0 Å². The van der Waals surface area contributed by atoms with Crippen LogP contribution in [0.15, 0.2) is 40.8 Å². The van der Waals surface area contributed by atoms with Crippen molar-refractivity contribution in [1.29, 1.82) is 0 Å². The van der Waals surface area contributed by atoms with Crippen LogP contribution in [0.3, 0.4) is 0 Å². The van der Waals surface area contributed by atoms with Gasteiger partial charge in [0.2, 0.25) is 0 Å². The van der Waals surface area contributed by atoms with Crippen molar-refractivity contribution in [3.05, 3.63) is 57.0 Å². The third-order valence-electron chi connectivity index (χ3n) is 6.29. The minimum absolute atomic E-state index is 0.296. The summed E-state index contributed by atoms with van der Waals surface area (Å²) in [6, 6.07) is 12.4. The molecule has 2 N–H and O–H groups in total. The number of anilines is 1. The molecule has 0 spiro atoms. The van der Waals surface area contributed by atoms with Crippen LogP contribution in [0.1, 0.15) is 32.3 Å². The topological polar surface area (TPSA) is 42.5 Å². The first-order chi connectivity index (χ1) is 14.9. The van der Waals surface area contributed by atoms with Crippen LogP contribution >= 0.6 is 34.8 Å². The minimum Gasteiger partial charge on any atom is -0.424 e. The number of benzene rings is 2. The summed E-state index contributed by atoms with van der Waals surface area (Å²) in [6.45, 7) is 7.90. The quantitative estimate of drug-likeness (QED) is 0.451. The van der Waals surface area contributed by atoms with Crippen LogP contribution < -0.4 is 10.2 Å². The Kier molecular flexibility index (Phi) is 7.33. The summed E-state index contributed by atoms with van der Waals surface area (Å²) in [5.41, 5.74) is 2.82. The number of rotatable bonds is 7. The maximum atomic E-state index is 6.18. The summed E-state index contributed by atoms with van der Waals surface area (Å²) in [5, 5.41) is 5.47. The van der Waals surface area contributed by atoms with E-state index in [0.29, 0.717) is 39.0 Å². The third kappa shape index (κ3) is 5.87. The van der Waals surface area contributed by atoms with Crippen LogP contribution in [0.5, 0.6) is 0 Å². The molecule has 1 aromatic heterocycles. The molecule has 3 aromatic rings. The molecule has 1 fully saturated rings. The number of oxazole rings is 1. The lowest BCUT2D eigenvalue weighted by atomic mass is 9.89. The van der Waals surface area contributed by atoms with Crippen LogP contribution in [-0.2, 0) is 6.42 Å². The van der Waals surface area contributed by atoms with Gasteiger partial charge in [-0.1, -0.05) is 54.7 Å². The number of nitrogens with one attached hydrogen (secondary N) is 2. The second-order valence-electron chi connectivity index (χ2n) is 8.98. The lowest BCUT2D eigenvalue weighted by Gasteiger charge is -2.33. The van der Waals surface area contributed by atoms with E-state index in [1.54, 1.807) is 4.90 Å². The first-order valence-electron chi connectivity index (χ1n) is 11.0. The summed E-state index contributed by atoms with van der Waals surface area (Å²) >= 11 is 18.3. The third-order valence-corrected chi connectivity index (χ3v) is 7.27. The first kappa shape index (κ1) is 22.7. The average Bonchev–Trinajstić information content (AvgIpc) is 3.13. The van der Waals surface area contributed by atoms with Crippen molar-refractivity contribution in [2.24, 2.45) is 11.8 Å². The molecule has 0 aliphatic carbocycles. The van der Waals surface area contributed by atoms with Gasteiger partial charge in [0.25, 0.3) is 6.01 Å². The van der Waals surface area contributed by atoms with E-state index in [-0.39, 0.29) is 0 Å². The fourth-order valence-electron chi connectivity index (χ4n) is 4.38. The zero-order valence-corrected chi connectivity index (χ0v) is 20.2.